The number of alkyl halides is 2. The van der Waals surface area contributed by atoms with E-state index < -0.39 is 11.7 Å². The maximum Gasteiger partial charge on any atom is 0.191 e. The molecule has 0 aliphatic carbocycles. The normalized spacial score (nSPS) is 20.0. The van der Waals surface area contributed by atoms with Crippen LogP contribution in [0, 0.1) is 0 Å². The highest BCUT2D eigenvalue weighted by atomic mass is 32.1. The van der Waals surface area contributed by atoms with Crippen LogP contribution in [0.25, 0.3) is 0 Å². The molecule has 3 heteroatoms. The van der Waals surface area contributed by atoms with Gasteiger partial charge in [-0.05, 0) is 19.6 Å². The van der Waals surface area contributed by atoms with Gasteiger partial charge in [0.05, 0.1) is 0 Å². The van der Waals surface area contributed by atoms with E-state index >= 15 is 0 Å². The smallest absolute Gasteiger partial charge is 0.191 e. The van der Waals surface area contributed by atoms with Crippen molar-refractivity contribution >= 4 is 12.6 Å². The van der Waals surface area contributed by atoms with E-state index in [9.17, 15) is 8.78 Å². The van der Waals surface area contributed by atoms with Gasteiger partial charge in [0.1, 0.15) is 6.67 Å². The second-order valence-electron chi connectivity index (χ2n) is 1.24. The molecule has 0 unspecified atom stereocenters. The van der Waals surface area contributed by atoms with E-state index in [2.05, 4.69) is 12.6 Å². The summed E-state index contributed by atoms with van der Waals surface area (Å²) in [6, 6.07) is 0. The first-order chi connectivity index (χ1) is 2.56. The average Bonchev–Trinajstić information content (AvgIpc) is 1.35. The summed E-state index contributed by atoms with van der Waals surface area (Å²) >= 11 is 3.94. The van der Waals surface area contributed by atoms with Gasteiger partial charge >= 0.3 is 0 Å². The van der Waals surface area contributed by atoms with Crippen LogP contribution in [0.3, 0.4) is 0 Å². The summed E-state index contributed by atoms with van der Waals surface area (Å²) in [5, 5.41) is -2.04. The molecule has 0 fully saturated rings. The molecule has 0 aliphatic rings. The molecule has 0 aromatic heterocycles. The van der Waals surface area contributed by atoms with Crippen molar-refractivity contribution in [1.82, 2.24) is 0 Å². The van der Waals surface area contributed by atoms with Crippen molar-refractivity contribution in [3.8, 4) is 0 Å². The van der Waals surface area contributed by atoms with Crippen LogP contribution in [0.5, 0.6) is 0 Å². The van der Waals surface area contributed by atoms with Gasteiger partial charge in [0, 0.05) is 0 Å². The number of hydrogen-bond donors (Lipinski definition) is 0. The minimum Gasteiger partial charge on any atom is -0.247 e. The van der Waals surface area contributed by atoms with Crippen molar-refractivity contribution in [2.24, 2.45) is 0 Å². The molecule has 0 aromatic rings. The zero-order valence-corrected chi connectivity index (χ0v) is 4.19. The number of halogens is 2. The van der Waals surface area contributed by atoms with Crippen molar-refractivity contribution in [1.29, 1.82) is 0 Å². The summed E-state index contributed by atoms with van der Waals surface area (Å²) in [4.78, 5) is 0. The Morgan fingerprint density at radius 1 is 1.83 bits per heavy atom. The van der Waals surface area contributed by atoms with Crippen molar-refractivity contribution in [3.05, 3.63) is 0 Å². The van der Waals surface area contributed by atoms with Crippen LogP contribution in [0.4, 0.5) is 8.78 Å². The molecular formula is C3H5F2S. The Kier molecular flexibility index (Phi) is 1.84. The topological polar surface area (TPSA) is 0 Å². The van der Waals surface area contributed by atoms with Gasteiger partial charge in [-0.2, -0.15) is 0 Å². The van der Waals surface area contributed by atoms with Gasteiger partial charge < -0.3 is 0 Å². The third kappa shape index (κ3) is 4.21. The largest absolute Gasteiger partial charge is 0.247 e. The SMILES string of the molecule is C[C@@](F)([S])CF. The van der Waals surface area contributed by atoms with Crippen LogP contribution in [0.1, 0.15) is 6.92 Å². The lowest BCUT2D eigenvalue weighted by Gasteiger charge is -2.01. The van der Waals surface area contributed by atoms with Gasteiger partial charge in [-0.15, -0.1) is 0 Å². The Morgan fingerprint density at radius 3 is 2.00 bits per heavy atom. The fourth-order valence-corrected chi connectivity index (χ4v) is 0. The Labute approximate surface area is 41.0 Å². The van der Waals surface area contributed by atoms with Crippen molar-refractivity contribution in [3.63, 3.8) is 0 Å². The number of hydrogen-bond acceptors (Lipinski definition) is 0. The molecule has 0 aromatic carbocycles. The molecular weight excluding hydrogens is 106 g/mol. The molecule has 0 spiro atoms. The summed E-state index contributed by atoms with van der Waals surface area (Å²) in [5.41, 5.74) is 0. The fraction of sp³-hybridized carbons (Fsp3) is 1.00. The Balaban J connectivity index is 3.17. The summed E-state index contributed by atoms with van der Waals surface area (Å²) in [6.45, 7) is -0.0648. The molecule has 6 heavy (non-hydrogen) atoms. The summed E-state index contributed by atoms with van der Waals surface area (Å²) < 4.78 is 22.6. The lowest BCUT2D eigenvalue weighted by atomic mass is 10.5. The van der Waals surface area contributed by atoms with Crippen LogP contribution in [-0.4, -0.2) is 11.7 Å². The predicted molar refractivity (Wildman–Crippen MR) is 23.1 cm³/mol. The van der Waals surface area contributed by atoms with E-state index in [0.717, 1.165) is 6.92 Å². The molecule has 0 bridgehead atoms. The van der Waals surface area contributed by atoms with Gasteiger partial charge in [-0.3, -0.25) is 0 Å². The molecule has 0 rings (SSSR count). The molecule has 0 aliphatic heterocycles. The average molecular weight is 111 g/mol. The van der Waals surface area contributed by atoms with Gasteiger partial charge in [0.15, 0.2) is 5.00 Å². The second-order valence-corrected chi connectivity index (χ2v) is 2.09. The fourth-order valence-electron chi connectivity index (χ4n) is 0. The van der Waals surface area contributed by atoms with E-state index in [4.69, 9.17) is 0 Å². The Morgan fingerprint density at radius 2 is 2.00 bits per heavy atom. The monoisotopic (exact) mass is 111 g/mol. The maximum atomic E-state index is 11.6. The Hall–Kier alpha value is 0.210. The standard InChI is InChI=1S/C3H5F2S/c1-3(5,6)2-4/h2H2,1H3/t3-/m1/s1. The molecule has 0 saturated carbocycles. The van der Waals surface area contributed by atoms with Crippen molar-refractivity contribution in [2.75, 3.05) is 6.67 Å². The van der Waals surface area contributed by atoms with Crippen molar-refractivity contribution < 1.29 is 8.78 Å². The molecule has 0 saturated heterocycles. The summed E-state index contributed by atoms with van der Waals surface area (Å²) in [7, 11) is 0. The first-order valence-corrected chi connectivity index (χ1v) is 1.92. The highest BCUT2D eigenvalue weighted by Gasteiger charge is 2.15. The first kappa shape index (κ1) is 6.21. The lowest BCUT2D eigenvalue weighted by Crippen LogP contribution is -2.09. The quantitative estimate of drug-likeness (QED) is 0.484. The molecule has 1 atom stereocenters. The van der Waals surface area contributed by atoms with Gasteiger partial charge in [0.2, 0.25) is 0 Å². The molecule has 0 amide bonds. The second kappa shape index (κ2) is 1.78. The van der Waals surface area contributed by atoms with E-state index in [-0.39, 0.29) is 0 Å². The van der Waals surface area contributed by atoms with E-state index in [0.29, 0.717) is 0 Å². The summed E-state index contributed by atoms with van der Waals surface area (Å²) in [6.07, 6.45) is 0. The van der Waals surface area contributed by atoms with E-state index in [1.807, 2.05) is 0 Å². The zero-order valence-electron chi connectivity index (χ0n) is 3.37. The van der Waals surface area contributed by atoms with Crippen LogP contribution in [-0.2, 0) is 0 Å². The highest BCUT2D eigenvalue weighted by molar-refractivity contribution is 7.81. The summed E-state index contributed by atoms with van der Waals surface area (Å²) in [5.74, 6) is 0. The third-order valence-electron chi connectivity index (χ3n) is 0.239. The molecule has 0 heterocycles. The predicted octanol–water partition coefficient (Wildman–Crippen LogP) is 1.84. The molecule has 37 valence electrons. The van der Waals surface area contributed by atoms with E-state index in [1.165, 1.54) is 0 Å². The lowest BCUT2D eigenvalue weighted by molar-refractivity contribution is 0.248. The molecule has 0 nitrogen and oxygen atoms in total. The molecule has 1 radical (unpaired) electrons. The first-order valence-electron chi connectivity index (χ1n) is 1.51. The van der Waals surface area contributed by atoms with Gasteiger partial charge in [-0.25, -0.2) is 8.78 Å². The number of rotatable bonds is 1. The van der Waals surface area contributed by atoms with Gasteiger partial charge in [-0.1, -0.05) is 0 Å². The van der Waals surface area contributed by atoms with Crippen molar-refractivity contribution in [2.45, 2.75) is 11.9 Å². The molecule has 0 N–H and O–H groups in total. The minimum atomic E-state index is -2.04. The minimum absolute atomic E-state index is 1.02. The van der Waals surface area contributed by atoms with Crippen LogP contribution < -0.4 is 0 Å². The zero-order chi connectivity index (χ0) is 5.21. The highest BCUT2D eigenvalue weighted by Crippen LogP contribution is 2.13. The maximum absolute atomic E-state index is 11.6. The van der Waals surface area contributed by atoms with E-state index in [1.54, 1.807) is 0 Å². The Bertz CT molecular complexity index is 38.5. The van der Waals surface area contributed by atoms with Gasteiger partial charge in [0.25, 0.3) is 0 Å². The van der Waals surface area contributed by atoms with Crippen LogP contribution in [0.15, 0.2) is 0 Å². The third-order valence-corrected chi connectivity index (χ3v) is 0.348. The van der Waals surface area contributed by atoms with Crippen LogP contribution >= 0.6 is 12.6 Å². The van der Waals surface area contributed by atoms with Crippen LogP contribution in [0.2, 0.25) is 0 Å².